The Hall–Kier alpha value is -0.940. The van der Waals surface area contributed by atoms with Crippen LogP contribution in [0.15, 0.2) is 0 Å². The van der Waals surface area contributed by atoms with E-state index in [1.54, 1.807) is 0 Å². The van der Waals surface area contributed by atoms with Gasteiger partial charge in [-0.05, 0) is 0 Å². The zero-order valence-electron chi connectivity index (χ0n) is 5.01. The SMILES string of the molecule is CC(=O)OC(=O)CNN. The number of hydrogen-bond acceptors (Lipinski definition) is 5. The first-order chi connectivity index (χ1) is 4.16. The molecule has 0 bridgehead atoms. The summed E-state index contributed by atoms with van der Waals surface area (Å²) in [6.45, 7) is 0.994. The molecule has 0 aromatic rings. The second kappa shape index (κ2) is 3.99. The van der Waals surface area contributed by atoms with E-state index in [4.69, 9.17) is 5.84 Å². The van der Waals surface area contributed by atoms with Crippen LogP contribution in [0.5, 0.6) is 0 Å². The topological polar surface area (TPSA) is 81.4 Å². The first-order valence-electron chi connectivity index (χ1n) is 2.31. The van der Waals surface area contributed by atoms with Crippen molar-refractivity contribution in [3.05, 3.63) is 0 Å². The molecule has 0 spiro atoms. The normalized spacial score (nSPS) is 8.67. The summed E-state index contributed by atoms with van der Waals surface area (Å²) < 4.78 is 4.07. The summed E-state index contributed by atoms with van der Waals surface area (Å²) in [5.41, 5.74) is 2.05. The van der Waals surface area contributed by atoms with Crippen LogP contribution in [0.2, 0.25) is 0 Å². The molecule has 0 rings (SSSR count). The van der Waals surface area contributed by atoms with E-state index in [1.807, 2.05) is 5.43 Å². The van der Waals surface area contributed by atoms with Gasteiger partial charge in [0.15, 0.2) is 0 Å². The summed E-state index contributed by atoms with van der Waals surface area (Å²) in [7, 11) is 0. The molecule has 0 fully saturated rings. The highest BCUT2D eigenvalue weighted by Crippen LogP contribution is 1.75. The van der Waals surface area contributed by atoms with Crippen molar-refractivity contribution >= 4 is 11.9 Å². The number of ether oxygens (including phenoxy) is 1. The molecular formula is C4H8N2O3. The van der Waals surface area contributed by atoms with Crippen LogP contribution in [-0.4, -0.2) is 18.5 Å². The lowest BCUT2D eigenvalue weighted by atomic mass is 10.7. The summed E-state index contributed by atoms with van der Waals surface area (Å²) in [6, 6.07) is 0. The molecule has 5 heteroatoms. The van der Waals surface area contributed by atoms with Gasteiger partial charge < -0.3 is 4.74 Å². The van der Waals surface area contributed by atoms with E-state index in [9.17, 15) is 9.59 Å². The summed E-state index contributed by atoms with van der Waals surface area (Å²) in [6.07, 6.45) is 0. The van der Waals surface area contributed by atoms with E-state index in [-0.39, 0.29) is 6.54 Å². The average molecular weight is 132 g/mol. The standard InChI is InChI=1S/C4H8N2O3/c1-3(7)9-4(8)2-6-5/h6H,2,5H2,1H3. The molecule has 0 aromatic heterocycles. The van der Waals surface area contributed by atoms with Gasteiger partial charge in [0, 0.05) is 6.92 Å². The number of carbonyl (C=O) groups is 2. The van der Waals surface area contributed by atoms with Gasteiger partial charge >= 0.3 is 11.9 Å². The van der Waals surface area contributed by atoms with Crippen LogP contribution >= 0.6 is 0 Å². The fourth-order valence-corrected chi connectivity index (χ4v) is 0.280. The number of nitrogens with one attached hydrogen (secondary N) is 1. The molecule has 3 N–H and O–H groups in total. The van der Waals surface area contributed by atoms with Crippen LogP contribution in [-0.2, 0) is 14.3 Å². The summed E-state index contributed by atoms with van der Waals surface area (Å²) >= 11 is 0. The van der Waals surface area contributed by atoms with Gasteiger partial charge in [-0.25, -0.2) is 5.43 Å². The van der Waals surface area contributed by atoms with Crippen LogP contribution in [0.1, 0.15) is 6.92 Å². The highest BCUT2D eigenvalue weighted by atomic mass is 16.6. The molecule has 0 unspecified atom stereocenters. The molecule has 0 saturated heterocycles. The number of esters is 2. The summed E-state index contributed by atoms with van der Waals surface area (Å²) in [5, 5.41) is 0. The van der Waals surface area contributed by atoms with Crippen molar-refractivity contribution in [2.45, 2.75) is 6.92 Å². The van der Waals surface area contributed by atoms with E-state index < -0.39 is 11.9 Å². The molecule has 0 radical (unpaired) electrons. The van der Waals surface area contributed by atoms with Crippen molar-refractivity contribution in [1.82, 2.24) is 5.43 Å². The molecule has 0 saturated carbocycles. The Labute approximate surface area is 52.1 Å². The molecule has 0 aliphatic carbocycles. The molecule has 52 valence electrons. The minimum atomic E-state index is -0.676. The van der Waals surface area contributed by atoms with Crippen molar-refractivity contribution in [2.24, 2.45) is 5.84 Å². The Balaban J connectivity index is 3.39. The van der Waals surface area contributed by atoms with Crippen molar-refractivity contribution in [2.75, 3.05) is 6.54 Å². The van der Waals surface area contributed by atoms with Gasteiger partial charge in [-0.2, -0.15) is 0 Å². The third kappa shape index (κ3) is 4.92. The number of rotatable bonds is 2. The van der Waals surface area contributed by atoms with Crippen LogP contribution < -0.4 is 11.3 Å². The van der Waals surface area contributed by atoms with Gasteiger partial charge in [0.05, 0.1) is 0 Å². The average Bonchev–Trinajstić information content (AvgIpc) is 1.63. The number of hydrazine groups is 1. The van der Waals surface area contributed by atoms with Crippen molar-refractivity contribution in [3.63, 3.8) is 0 Å². The van der Waals surface area contributed by atoms with Gasteiger partial charge in [0.25, 0.3) is 0 Å². The second-order valence-corrected chi connectivity index (χ2v) is 1.35. The van der Waals surface area contributed by atoms with Crippen LogP contribution in [0.3, 0.4) is 0 Å². The smallest absolute Gasteiger partial charge is 0.328 e. The third-order valence-corrected chi connectivity index (χ3v) is 0.504. The zero-order valence-corrected chi connectivity index (χ0v) is 5.01. The minimum Gasteiger partial charge on any atom is -0.392 e. The molecule has 9 heavy (non-hydrogen) atoms. The molecule has 0 atom stereocenters. The first kappa shape index (κ1) is 8.06. The largest absolute Gasteiger partial charge is 0.392 e. The zero-order chi connectivity index (χ0) is 7.28. The van der Waals surface area contributed by atoms with Crippen molar-refractivity contribution in [3.8, 4) is 0 Å². The Bertz CT molecular complexity index is 123. The number of carbonyl (C=O) groups excluding carboxylic acids is 2. The van der Waals surface area contributed by atoms with Gasteiger partial charge in [0.2, 0.25) is 0 Å². The lowest BCUT2D eigenvalue weighted by Gasteiger charge is -1.95. The molecule has 0 aliphatic heterocycles. The highest BCUT2D eigenvalue weighted by Gasteiger charge is 2.02. The van der Waals surface area contributed by atoms with Crippen LogP contribution in [0.4, 0.5) is 0 Å². The molecular weight excluding hydrogens is 124 g/mol. The minimum absolute atomic E-state index is 0.153. The predicted octanol–water partition coefficient (Wildman–Crippen LogP) is -1.46. The quantitative estimate of drug-likeness (QED) is 0.208. The van der Waals surface area contributed by atoms with Gasteiger partial charge in [-0.1, -0.05) is 0 Å². The maximum absolute atomic E-state index is 10.3. The molecule has 0 aromatic carbocycles. The Morgan fingerprint density at radius 3 is 2.56 bits per heavy atom. The lowest BCUT2D eigenvalue weighted by Crippen LogP contribution is -2.30. The predicted molar refractivity (Wildman–Crippen MR) is 29.0 cm³/mol. The second-order valence-electron chi connectivity index (χ2n) is 1.35. The molecule has 0 heterocycles. The van der Waals surface area contributed by atoms with Gasteiger partial charge in [0.1, 0.15) is 6.54 Å². The summed E-state index contributed by atoms with van der Waals surface area (Å²) in [4.78, 5) is 20.3. The highest BCUT2D eigenvalue weighted by molar-refractivity contribution is 5.85. The van der Waals surface area contributed by atoms with E-state index in [0.29, 0.717) is 0 Å². The van der Waals surface area contributed by atoms with E-state index in [0.717, 1.165) is 6.92 Å². The van der Waals surface area contributed by atoms with Gasteiger partial charge in [-0.15, -0.1) is 0 Å². The van der Waals surface area contributed by atoms with Crippen molar-refractivity contribution < 1.29 is 14.3 Å². The van der Waals surface area contributed by atoms with E-state index in [2.05, 4.69) is 4.74 Å². The maximum Gasteiger partial charge on any atom is 0.328 e. The fraction of sp³-hybridized carbons (Fsp3) is 0.500. The Kier molecular flexibility index (Phi) is 3.57. The van der Waals surface area contributed by atoms with E-state index >= 15 is 0 Å². The molecule has 5 nitrogen and oxygen atoms in total. The molecule has 0 amide bonds. The van der Waals surface area contributed by atoms with Crippen molar-refractivity contribution in [1.29, 1.82) is 0 Å². The Morgan fingerprint density at radius 2 is 2.22 bits per heavy atom. The maximum atomic E-state index is 10.3. The summed E-state index contributed by atoms with van der Waals surface area (Å²) in [5.74, 6) is 3.44. The molecule has 0 aliphatic rings. The first-order valence-corrected chi connectivity index (χ1v) is 2.31. The Morgan fingerprint density at radius 1 is 1.67 bits per heavy atom. The van der Waals surface area contributed by atoms with Crippen LogP contribution in [0, 0.1) is 0 Å². The number of nitrogens with two attached hydrogens (primary N) is 1. The third-order valence-electron chi connectivity index (χ3n) is 0.504. The lowest BCUT2D eigenvalue weighted by molar-refractivity contribution is -0.157. The van der Waals surface area contributed by atoms with E-state index in [1.165, 1.54) is 0 Å². The number of hydrogen-bond donors (Lipinski definition) is 2. The van der Waals surface area contributed by atoms with Crippen LogP contribution in [0.25, 0.3) is 0 Å². The fourth-order valence-electron chi connectivity index (χ4n) is 0.280. The monoisotopic (exact) mass is 132 g/mol. The van der Waals surface area contributed by atoms with Gasteiger partial charge in [-0.3, -0.25) is 15.4 Å².